The molecular formula is C44H47Cl2N9O6. The van der Waals surface area contributed by atoms with Crippen molar-refractivity contribution in [3.8, 4) is 11.1 Å². The summed E-state index contributed by atoms with van der Waals surface area (Å²) in [5.41, 5.74) is 6.15. The Labute approximate surface area is 362 Å². The Kier molecular flexibility index (Phi) is 10.7. The minimum Gasteiger partial charge on any atom is -0.481 e. The fourth-order valence-corrected chi connectivity index (χ4v) is 10.9. The number of ketones is 1. The summed E-state index contributed by atoms with van der Waals surface area (Å²) in [4.78, 5) is 64.9. The molecule has 2 saturated carbocycles. The van der Waals surface area contributed by atoms with Gasteiger partial charge >= 0.3 is 11.9 Å². The van der Waals surface area contributed by atoms with Gasteiger partial charge < -0.3 is 24.7 Å². The fraction of sp³-hybridized carbons (Fsp3) is 0.432. The van der Waals surface area contributed by atoms with E-state index in [9.17, 15) is 29.4 Å². The molecule has 4 aliphatic rings. The maximum atomic E-state index is 13.8. The Bertz CT molecular complexity index is 2600. The van der Waals surface area contributed by atoms with Crippen molar-refractivity contribution >= 4 is 52.5 Å². The van der Waals surface area contributed by atoms with E-state index in [0.717, 1.165) is 80.8 Å². The highest BCUT2D eigenvalue weighted by Crippen LogP contribution is 2.63. The second-order valence-electron chi connectivity index (χ2n) is 17.4. The van der Waals surface area contributed by atoms with E-state index in [1.807, 2.05) is 41.4 Å². The summed E-state index contributed by atoms with van der Waals surface area (Å²) in [6.45, 7) is 4.05. The van der Waals surface area contributed by atoms with Crippen LogP contribution < -0.4 is 5.32 Å². The molecule has 2 aliphatic heterocycles. The van der Waals surface area contributed by atoms with Crippen LogP contribution in [0.4, 0.5) is 5.69 Å². The van der Waals surface area contributed by atoms with Gasteiger partial charge in [-0.3, -0.25) is 29.3 Å². The Morgan fingerprint density at radius 3 is 2.15 bits per heavy atom. The Hall–Kier alpha value is -5.35. The summed E-state index contributed by atoms with van der Waals surface area (Å²) in [5, 5.41) is 29.3. The van der Waals surface area contributed by atoms with Gasteiger partial charge in [0.05, 0.1) is 38.2 Å². The Morgan fingerprint density at radius 1 is 0.836 bits per heavy atom. The van der Waals surface area contributed by atoms with Gasteiger partial charge in [0.2, 0.25) is 5.78 Å². The molecule has 0 unspecified atom stereocenters. The zero-order chi connectivity index (χ0) is 42.8. The minimum absolute atomic E-state index is 0.00776. The highest BCUT2D eigenvalue weighted by Gasteiger charge is 2.57. The number of aromatic amines is 1. The first kappa shape index (κ1) is 41.0. The summed E-state index contributed by atoms with van der Waals surface area (Å²) in [5.74, 6) is -1.68. The van der Waals surface area contributed by atoms with Crippen LogP contribution in [0.2, 0.25) is 10.0 Å². The van der Waals surface area contributed by atoms with Gasteiger partial charge in [0.25, 0.3) is 5.91 Å². The van der Waals surface area contributed by atoms with Crippen LogP contribution in [0.1, 0.15) is 104 Å². The van der Waals surface area contributed by atoms with Gasteiger partial charge in [0.15, 0.2) is 17.3 Å². The molecule has 5 aromatic rings. The monoisotopic (exact) mass is 867 g/mol. The number of fused-ring (bicyclic) bond motifs is 4. The molecule has 0 radical (unpaired) electrons. The lowest BCUT2D eigenvalue weighted by Crippen LogP contribution is -2.34. The number of imidazole rings is 2. The first-order valence-corrected chi connectivity index (χ1v) is 21.4. The number of aliphatic carboxylic acids is 1. The van der Waals surface area contributed by atoms with Crippen LogP contribution in [-0.2, 0) is 57.8 Å². The lowest BCUT2D eigenvalue weighted by Gasteiger charge is -2.32. The molecule has 9 rings (SSSR count). The van der Waals surface area contributed by atoms with Crippen molar-refractivity contribution in [2.75, 3.05) is 25.0 Å². The molecule has 5 heterocycles. The number of hydrogen-bond acceptors (Lipinski definition) is 9. The van der Waals surface area contributed by atoms with E-state index in [1.165, 1.54) is 6.07 Å². The van der Waals surface area contributed by atoms with Crippen LogP contribution in [0, 0.1) is 10.8 Å². The number of rotatable bonds is 13. The number of nitrogens with zero attached hydrogens (tertiary/aromatic N) is 7. The number of halogens is 2. The van der Waals surface area contributed by atoms with Crippen LogP contribution in [0.25, 0.3) is 11.1 Å². The molecular weight excluding hydrogens is 821 g/mol. The van der Waals surface area contributed by atoms with Crippen molar-refractivity contribution in [3.63, 3.8) is 0 Å². The number of Topliss-reactive ketones (excluding diaryl/α,β-unsaturated/α-hetero) is 1. The number of carboxylic acids is 2. The van der Waals surface area contributed by atoms with Crippen LogP contribution in [-0.4, -0.2) is 92.6 Å². The van der Waals surface area contributed by atoms with Crippen molar-refractivity contribution in [3.05, 3.63) is 104 Å². The molecule has 4 N–H and O–H groups in total. The number of carbonyl (C=O) groups is 4. The van der Waals surface area contributed by atoms with E-state index in [0.29, 0.717) is 82.4 Å². The number of H-pyrrole nitrogens is 1. The maximum absolute atomic E-state index is 13.8. The van der Waals surface area contributed by atoms with Crippen LogP contribution in [0.15, 0.2) is 42.5 Å². The van der Waals surface area contributed by atoms with Gasteiger partial charge in [-0.25, -0.2) is 14.8 Å². The number of aromatic carboxylic acids is 1. The maximum Gasteiger partial charge on any atom is 0.356 e. The number of amides is 1. The number of aromatic nitrogens is 6. The molecule has 1 amide bonds. The summed E-state index contributed by atoms with van der Waals surface area (Å²) in [6, 6.07) is 12.3. The van der Waals surface area contributed by atoms with Crippen molar-refractivity contribution in [2.45, 2.75) is 77.4 Å². The molecule has 15 nitrogen and oxygen atoms in total. The lowest BCUT2D eigenvalue weighted by molar-refractivity contribution is -0.148. The van der Waals surface area contributed by atoms with E-state index < -0.39 is 17.4 Å². The summed E-state index contributed by atoms with van der Waals surface area (Å²) >= 11 is 14.0. The third-order valence-electron chi connectivity index (χ3n) is 13.7. The average Bonchev–Trinajstić information content (AvgIpc) is 4.08. The molecule has 0 spiro atoms. The molecule has 0 saturated heterocycles. The fourth-order valence-electron chi connectivity index (χ4n) is 10.3. The number of carboxylic acid groups (broad SMARTS) is 2. The Balaban J connectivity index is 0.854. The number of carbonyl (C=O) groups excluding carboxylic acids is 2. The third-order valence-corrected chi connectivity index (χ3v) is 14.6. The summed E-state index contributed by atoms with van der Waals surface area (Å²) in [6.07, 6.45) is 6.75. The molecule has 2 aliphatic carbocycles. The second kappa shape index (κ2) is 15.8. The van der Waals surface area contributed by atoms with Crippen LogP contribution in [0.5, 0.6) is 0 Å². The smallest absolute Gasteiger partial charge is 0.356 e. The highest BCUT2D eigenvalue weighted by molar-refractivity contribution is 6.39. The predicted octanol–water partition coefficient (Wildman–Crippen LogP) is 6.57. The number of nitrogens with one attached hydrogen (secondary N) is 2. The van der Waals surface area contributed by atoms with Crippen molar-refractivity contribution < 1.29 is 29.4 Å². The van der Waals surface area contributed by atoms with Crippen molar-refractivity contribution in [1.82, 2.24) is 39.1 Å². The SMILES string of the molecule is Cn1c(C(=O)Cc2cccc(-c3cccc(NC(=O)c4nc5c(n4C)CCN(CCC46CCC(C(=O)O)(CC4)C6)C5)c3Cl)c2Cl)nc2c1CCN(Cc1cc(C(=O)O)n[nH]1)C2. The van der Waals surface area contributed by atoms with Gasteiger partial charge in [-0.15, -0.1) is 0 Å². The number of hydrogen-bond donors (Lipinski definition) is 4. The molecule has 3 aromatic heterocycles. The topological polar surface area (TPSA) is 192 Å². The zero-order valence-corrected chi connectivity index (χ0v) is 35.6. The van der Waals surface area contributed by atoms with Gasteiger partial charge in [0, 0.05) is 88.6 Å². The van der Waals surface area contributed by atoms with Crippen LogP contribution in [0.3, 0.4) is 0 Å². The normalized spacial score (nSPS) is 21.0. The third kappa shape index (κ3) is 7.55. The van der Waals surface area contributed by atoms with E-state index in [2.05, 4.69) is 25.3 Å². The second-order valence-corrected chi connectivity index (χ2v) is 18.1. The Morgan fingerprint density at radius 2 is 1.48 bits per heavy atom. The van der Waals surface area contributed by atoms with Gasteiger partial charge in [-0.05, 0) is 68.2 Å². The largest absolute Gasteiger partial charge is 0.481 e. The first-order chi connectivity index (χ1) is 29.2. The first-order valence-electron chi connectivity index (χ1n) is 20.7. The van der Waals surface area contributed by atoms with Crippen molar-refractivity contribution in [2.24, 2.45) is 24.9 Å². The van der Waals surface area contributed by atoms with Gasteiger partial charge in [-0.2, -0.15) is 5.10 Å². The standard InChI is InChI=1S/C44H47Cl2N9O6/c1-52-33-10-17-55(21-26-20-30(41(58)59)51-50-26)23-32(33)47-38(52)35(56)19-25-5-3-6-27(36(25)45)28-7-4-8-29(37(28)46)49-40(57)39-48-31-22-54(16-9-34(31)53(39)2)18-15-43-11-13-44(24-43,14-12-43)42(60)61/h3-8,20H,9-19,21-24H2,1-2H3,(H,49,57)(H,50,51)(H,58,59)(H,60,61). The zero-order valence-electron chi connectivity index (χ0n) is 34.1. The number of anilines is 1. The van der Waals surface area contributed by atoms with E-state index >= 15 is 0 Å². The molecule has 2 fully saturated rings. The molecule has 0 atom stereocenters. The van der Waals surface area contributed by atoms with Gasteiger partial charge in [0.1, 0.15) is 0 Å². The van der Waals surface area contributed by atoms with Crippen LogP contribution >= 0.6 is 23.2 Å². The molecule has 2 aromatic carbocycles. The molecule has 318 valence electrons. The minimum atomic E-state index is -1.09. The molecule has 17 heteroatoms. The van der Waals surface area contributed by atoms with Crippen molar-refractivity contribution in [1.29, 1.82) is 0 Å². The van der Waals surface area contributed by atoms with E-state index in [1.54, 1.807) is 18.2 Å². The lowest BCUT2D eigenvalue weighted by atomic mass is 9.80. The summed E-state index contributed by atoms with van der Waals surface area (Å²) in [7, 11) is 3.70. The quantitative estimate of drug-likeness (QED) is 0.0937. The van der Waals surface area contributed by atoms with Gasteiger partial charge in [-0.1, -0.05) is 53.5 Å². The molecule has 61 heavy (non-hydrogen) atoms. The highest BCUT2D eigenvalue weighted by atomic mass is 35.5. The average molecular weight is 869 g/mol. The molecule has 2 bridgehead atoms. The predicted molar refractivity (Wildman–Crippen MR) is 227 cm³/mol. The van der Waals surface area contributed by atoms with E-state index in [-0.39, 0.29) is 29.2 Å². The van der Waals surface area contributed by atoms with E-state index in [4.69, 9.17) is 33.2 Å². The summed E-state index contributed by atoms with van der Waals surface area (Å²) < 4.78 is 3.71. The number of benzene rings is 2.